The zero-order valence-corrected chi connectivity index (χ0v) is 82.9. The molecule has 6 aliphatic rings. The van der Waals surface area contributed by atoms with E-state index in [1.807, 2.05) is 306 Å². The third-order valence-corrected chi connectivity index (χ3v) is 23.6. The zero-order valence-electron chi connectivity index (χ0n) is 82.1. The maximum absolute atomic E-state index is 12.6. The molecule has 6 aromatic rings. The van der Waals surface area contributed by atoms with Crippen LogP contribution in [0, 0.1) is 32.5 Å². The van der Waals surface area contributed by atoms with Crippen LogP contribution in [-0.4, -0.2) is 242 Å². The van der Waals surface area contributed by atoms with Gasteiger partial charge < -0.3 is 76.3 Å². The molecule has 28 heteroatoms. The highest BCUT2D eigenvalue weighted by Gasteiger charge is 2.30. The summed E-state index contributed by atoms with van der Waals surface area (Å²) < 4.78 is 5.26. The van der Waals surface area contributed by atoms with Gasteiger partial charge >= 0.3 is 0 Å². The lowest BCUT2D eigenvalue weighted by Gasteiger charge is -2.32. The molecule has 0 aliphatic carbocycles. The first-order valence-corrected chi connectivity index (χ1v) is 47.9. The Morgan fingerprint density at radius 3 is 0.712 bits per heavy atom. The van der Waals surface area contributed by atoms with Gasteiger partial charge in [-0.15, -0.1) is 0 Å². The lowest BCUT2D eigenvalue weighted by molar-refractivity contribution is -0.129. The summed E-state index contributed by atoms with van der Waals surface area (Å²) in [5, 5.41) is 20.7. The molecule has 0 saturated carbocycles. The molecule has 132 heavy (non-hydrogen) atoms. The van der Waals surface area contributed by atoms with Gasteiger partial charge in [-0.1, -0.05) is 197 Å². The predicted molar refractivity (Wildman–Crippen MR) is 523 cm³/mol. The van der Waals surface area contributed by atoms with Gasteiger partial charge in [0.2, 0.25) is 35.4 Å². The van der Waals surface area contributed by atoms with Crippen molar-refractivity contribution in [2.75, 3.05) is 136 Å². The van der Waals surface area contributed by atoms with Gasteiger partial charge in [-0.05, 0) is 145 Å². The molecule has 6 fully saturated rings. The van der Waals surface area contributed by atoms with Crippen LogP contribution in [0.25, 0.3) is 0 Å². The number of nitrogens with one attached hydrogen (secondary N) is 7. The number of benzene rings is 6. The van der Waals surface area contributed by atoms with Crippen LogP contribution in [0.1, 0.15) is 252 Å². The van der Waals surface area contributed by atoms with Crippen LogP contribution in [0.5, 0.6) is 0 Å². The van der Waals surface area contributed by atoms with Gasteiger partial charge in [0.25, 0.3) is 35.4 Å². The zero-order chi connectivity index (χ0) is 97.2. The maximum atomic E-state index is 12.6. The molecule has 12 amide bonds. The smallest absolute Gasteiger partial charge is 0.254 e. The summed E-state index contributed by atoms with van der Waals surface area (Å²) in [6, 6.07) is 45.1. The van der Waals surface area contributed by atoms with Crippen LogP contribution in [0.2, 0.25) is 0 Å². The molecule has 6 saturated heterocycles. The number of amides is 12. The number of piperidine rings is 1. The topological polar surface area (TPSA) is 321 Å². The fraction of sp³-hybridized carbons (Fsp3) is 0.538. The van der Waals surface area contributed by atoms with Crippen LogP contribution in [-0.2, 0) is 72.8 Å². The van der Waals surface area contributed by atoms with E-state index in [1.54, 1.807) is 4.90 Å². The van der Waals surface area contributed by atoms with E-state index < -0.39 is 32.5 Å². The number of thioether (sulfide) groups is 1. The highest BCUT2D eigenvalue weighted by Crippen LogP contribution is 2.24. The first kappa shape index (κ1) is 108. The third-order valence-electron chi connectivity index (χ3n) is 22.7. The number of rotatable bonds is 18. The number of carbonyl (C=O) groups excluding carboxylic acids is 12. The fourth-order valence-electron chi connectivity index (χ4n) is 14.1. The molecule has 27 nitrogen and oxygen atoms in total. The lowest BCUT2D eigenvalue weighted by atomic mass is 9.95. The van der Waals surface area contributed by atoms with Crippen molar-refractivity contribution in [1.82, 2.24) is 71.5 Å². The van der Waals surface area contributed by atoms with E-state index in [0.29, 0.717) is 99.0 Å². The van der Waals surface area contributed by atoms with Gasteiger partial charge in [-0.2, -0.15) is 11.8 Å². The number of morpholine rings is 1. The van der Waals surface area contributed by atoms with E-state index in [0.717, 1.165) is 162 Å². The van der Waals surface area contributed by atoms with Gasteiger partial charge in [0.05, 0.1) is 13.2 Å². The molecule has 6 aliphatic heterocycles. The van der Waals surface area contributed by atoms with Crippen molar-refractivity contribution in [3.8, 4) is 0 Å². The van der Waals surface area contributed by atoms with Gasteiger partial charge in [-0.25, -0.2) is 0 Å². The summed E-state index contributed by atoms with van der Waals surface area (Å²) in [5.41, 5.74) is 7.40. The van der Waals surface area contributed by atoms with E-state index in [9.17, 15) is 57.5 Å². The van der Waals surface area contributed by atoms with Crippen LogP contribution >= 0.6 is 11.8 Å². The maximum Gasteiger partial charge on any atom is 0.254 e. The SMILES string of the molecule is CC(C)(C)C(=O)NCc1cccc(C(=O)N2CCCC2)c1.CC(C)(C)C(=O)NCc1cccc(C(=O)N2CCCCC2)c1.CC(C)(C)C(=O)NCc1cccc(C(=O)N2CCNCC2)c1.CC(C)(C)C(=O)NCc1cccc(C(=O)N2CCOCC2)c1.CC(C)(C)C(=O)NCc1cccc(C(=O)N2CCSCC2)c1.CN1CCN(C(=O)c2cccc(CNC(=O)C(C)(C)C)c2)CC1. The molecule has 0 radical (unpaired) electrons. The number of hydrogen-bond donors (Lipinski definition) is 7. The number of nitrogens with zero attached hydrogens (tertiary/aromatic N) is 7. The Bertz CT molecular complexity index is 4420. The molecule has 0 bridgehead atoms. The molecule has 0 aromatic heterocycles. The van der Waals surface area contributed by atoms with Crippen LogP contribution < -0.4 is 37.2 Å². The second-order valence-corrected chi connectivity index (χ2v) is 41.8. The number of piperazine rings is 2. The highest BCUT2D eigenvalue weighted by molar-refractivity contribution is 7.99. The average Bonchev–Trinajstić information content (AvgIpc) is 1.78. The molecule has 6 aromatic carbocycles. The second-order valence-electron chi connectivity index (χ2n) is 40.6. The minimum absolute atomic E-state index is 0.00240. The normalized spacial score (nSPS) is 15.6. The summed E-state index contributed by atoms with van der Waals surface area (Å²) in [5.74, 6) is 2.50. The molecule has 720 valence electrons. The Hall–Kier alpha value is -10.8. The van der Waals surface area contributed by atoms with Gasteiger partial charge in [0.1, 0.15) is 0 Å². The summed E-state index contributed by atoms with van der Waals surface area (Å²) in [7, 11) is 2.07. The molecule has 6 heterocycles. The van der Waals surface area contributed by atoms with Crippen molar-refractivity contribution in [1.29, 1.82) is 0 Å². The lowest BCUT2D eigenvalue weighted by Crippen LogP contribution is -2.47. The van der Waals surface area contributed by atoms with E-state index >= 15 is 0 Å². The van der Waals surface area contributed by atoms with E-state index in [2.05, 4.69) is 49.2 Å². The molecule has 12 rings (SSSR count). The van der Waals surface area contributed by atoms with Gasteiger partial charge in [0, 0.05) is 221 Å². The highest BCUT2D eigenvalue weighted by atomic mass is 32.2. The minimum atomic E-state index is -0.415. The van der Waals surface area contributed by atoms with Crippen molar-refractivity contribution in [3.63, 3.8) is 0 Å². The number of hydrogen-bond acceptors (Lipinski definition) is 16. The number of likely N-dealkylation sites (tertiary alicyclic amines) is 2. The van der Waals surface area contributed by atoms with Crippen molar-refractivity contribution in [3.05, 3.63) is 212 Å². The van der Waals surface area contributed by atoms with Crippen LogP contribution in [0.3, 0.4) is 0 Å². The Balaban J connectivity index is 0.000000216. The quantitative estimate of drug-likeness (QED) is 0.0420. The Morgan fingerprint density at radius 1 is 0.273 bits per heavy atom. The van der Waals surface area contributed by atoms with Crippen molar-refractivity contribution in [2.24, 2.45) is 32.5 Å². The standard InChI is InChI=1S/C18H27N3O2.C18H26N2O2.C17H25N3O2.C17H24N2O3.C17H24N2O2S.C17H24N2O2/c1-18(2,3)17(23)19-13-14-6-5-7-15(12-14)16(22)21-10-8-20(4)9-11-21;1-18(2,3)17(22)19-13-14-8-7-9-15(12-14)16(21)20-10-5-4-6-11-20;1-17(2,3)16(22)19-12-13-5-4-6-14(11-13)15(21)20-9-7-18-8-10-20;2*1-17(2,3)16(21)18-12-13-5-4-6-14(11-13)15(20)19-7-9-22-10-8-19;1-17(2,3)16(21)18-12-13-7-6-8-14(11-13)15(20)19-9-4-5-10-19/h5-7,12H,8-11,13H2,1-4H3,(H,19,23);7-9,12H,4-6,10-11,13H2,1-3H3,(H,19,22);4-6,11,18H,7-10,12H2,1-3H3,(H,19,22);2*4-6,11H,7-10,12H2,1-3H3,(H,18,21);6-8,11H,4-5,9-10,12H2,1-3H3,(H,18,21). The van der Waals surface area contributed by atoms with E-state index in [-0.39, 0.29) is 70.9 Å². The first-order valence-electron chi connectivity index (χ1n) is 46.7. The van der Waals surface area contributed by atoms with Gasteiger partial charge in [-0.3, -0.25) is 57.5 Å². The molecular weight excluding hydrogens is 1690 g/mol. The summed E-state index contributed by atoms with van der Waals surface area (Å²) in [4.78, 5) is 160. The molecule has 7 N–H and O–H groups in total. The Labute approximate surface area is 789 Å². The number of carbonyl (C=O) groups is 12. The first-order chi connectivity index (χ1) is 62.2. The third kappa shape index (κ3) is 37.0. The summed E-state index contributed by atoms with van der Waals surface area (Å²) >= 11 is 1.89. The fourth-order valence-corrected chi connectivity index (χ4v) is 15.0. The molecule has 0 atom stereocenters. The van der Waals surface area contributed by atoms with Crippen molar-refractivity contribution < 1.29 is 62.3 Å². The molecule has 0 unspecified atom stereocenters. The van der Waals surface area contributed by atoms with Crippen LogP contribution in [0.15, 0.2) is 146 Å². The molecular formula is C104H150N14O13S. The summed E-state index contributed by atoms with van der Waals surface area (Å²) in [6.45, 7) is 50.6. The largest absolute Gasteiger partial charge is 0.378 e. The number of likely N-dealkylation sites (N-methyl/N-ethyl adjacent to an activating group) is 1. The number of ether oxygens (including phenoxy) is 1. The van der Waals surface area contributed by atoms with E-state index in [1.165, 1.54) is 6.42 Å². The van der Waals surface area contributed by atoms with Crippen LogP contribution in [0.4, 0.5) is 0 Å². The average molecular weight is 1840 g/mol. The monoisotopic (exact) mass is 1840 g/mol. The minimum Gasteiger partial charge on any atom is -0.378 e. The van der Waals surface area contributed by atoms with Gasteiger partial charge in [0.15, 0.2) is 0 Å². The van der Waals surface area contributed by atoms with E-state index in [4.69, 9.17) is 4.74 Å². The predicted octanol–water partition coefficient (Wildman–Crippen LogP) is 13.0. The second kappa shape index (κ2) is 51.4. The Morgan fingerprint density at radius 2 is 0.477 bits per heavy atom. The van der Waals surface area contributed by atoms with Crippen molar-refractivity contribution >= 4 is 82.6 Å². The Kier molecular flexibility index (Phi) is 42.2. The molecule has 0 spiro atoms. The van der Waals surface area contributed by atoms with Crippen molar-refractivity contribution in [2.45, 2.75) is 196 Å². The summed E-state index contributed by atoms with van der Waals surface area (Å²) in [6.07, 6.45) is 5.57.